The second-order valence-corrected chi connectivity index (χ2v) is 18.7. The first-order chi connectivity index (χ1) is 29.7. The number of fused-ring (bicyclic) bond motifs is 4. The van der Waals surface area contributed by atoms with E-state index in [2.05, 4.69) is 23.1 Å². The van der Waals surface area contributed by atoms with Crippen LogP contribution in [0.2, 0.25) is 0 Å². The van der Waals surface area contributed by atoms with E-state index in [1.54, 1.807) is 29.3 Å². The van der Waals surface area contributed by atoms with Gasteiger partial charge in [-0.15, -0.1) is 0 Å². The Balaban J connectivity index is 0.989. The molecule has 2 fully saturated rings. The van der Waals surface area contributed by atoms with Gasteiger partial charge in [0.2, 0.25) is 0 Å². The van der Waals surface area contributed by atoms with E-state index >= 15 is 0 Å². The van der Waals surface area contributed by atoms with E-state index in [1.165, 1.54) is 65.1 Å². The molecule has 3 aromatic rings. The average Bonchev–Trinajstić information content (AvgIpc) is 3.79. The van der Waals surface area contributed by atoms with Crippen LogP contribution < -0.4 is 23.8 Å². The largest absolute Gasteiger partial charge is 0.493 e. The second-order valence-electron chi connectivity index (χ2n) is 15.9. The maximum absolute atomic E-state index is 14.0. The Morgan fingerprint density at radius 2 is 1.56 bits per heavy atom. The van der Waals surface area contributed by atoms with Gasteiger partial charge in [-0.25, -0.2) is 14.7 Å². The molecule has 19 heteroatoms. The first-order valence-corrected chi connectivity index (χ1v) is 22.1. The molecule has 2 aromatic carbocycles. The molecule has 3 atom stereocenters. The van der Waals surface area contributed by atoms with Crippen LogP contribution >= 0.6 is 21.6 Å². The monoisotopic (exact) mass is 888 g/mol. The van der Waals surface area contributed by atoms with Gasteiger partial charge in [0.1, 0.15) is 17.8 Å². The van der Waals surface area contributed by atoms with Gasteiger partial charge >= 0.3 is 6.09 Å². The zero-order valence-corrected chi connectivity index (χ0v) is 36.5. The minimum Gasteiger partial charge on any atom is -0.493 e. The van der Waals surface area contributed by atoms with Gasteiger partial charge in [-0.3, -0.25) is 24.7 Å². The number of carbonyl (C=O) groups is 3. The lowest BCUT2D eigenvalue weighted by molar-refractivity contribution is -0.385. The van der Waals surface area contributed by atoms with Crippen LogP contribution in [0.5, 0.6) is 23.0 Å². The highest BCUT2D eigenvalue weighted by Gasteiger charge is 2.46. The lowest BCUT2D eigenvalue weighted by atomic mass is 10.1. The van der Waals surface area contributed by atoms with Crippen molar-refractivity contribution in [2.24, 2.45) is 4.99 Å². The number of nitrogens with zero attached hydrogens (tertiary/aromatic N) is 6. The molecule has 1 aromatic heterocycles. The summed E-state index contributed by atoms with van der Waals surface area (Å²) >= 11 is 0. The first kappa shape index (κ1) is 44.3. The molecule has 17 nitrogen and oxygen atoms in total. The minimum atomic E-state index is -1.47. The number of nitro groups is 1. The molecule has 0 aliphatic carbocycles. The zero-order chi connectivity index (χ0) is 44.3. The molecule has 1 N–H and O–H groups in total. The van der Waals surface area contributed by atoms with Crippen molar-refractivity contribution >= 4 is 62.8 Å². The van der Waals surface area contributed by atoms with Crippen LogP contribution in [0.15, 0.2) is 76.9 Å². The summed E-state index contributed by atoms with van der Waals surface area (Å²) in [6.07, 6.45) is 3.62. The Kier molecular flexibility index (Phi) is 13.3. The molecule has 4 aliphatic rings. The van der Waals surface area contributed by atoms with Crippen molar-refractivity contribution in [2.45, 2.75) is 74.0 Å². The van der Waals surface area contributed by atoms with Gasteiger partial charge in [0.15, 0.2) is 29.2 Å². The van der Waals surface area contributed by atoms with Crippen molar-refractivity contribution in [1.29, 1.82) is 0 Å². The number of methoxy groups -OCH3 is 2. The first-order valence-electron chi connectivity index (χ1n) is 20.0. The molecule has 328 valence electrons. The molecule has 0 bridgehead atoms. The molecule has 5 heterocycles. The summed E-state index contributed by atoms with van der Waals surface area (Å²) in [6, 6.07) is 8.46. The predicted molar refractivity (Wildman–Crippen MR) is 234 cm³/mol. The number of aliphatic hydroxyl groups excluding tert-OH is 1. The molecular formula is C43H48N6O11S2. The lowest BCUT2D eigenvalue weighted by Crippen LogP contribution is -2.51. The Bertz CT molecular complexity index is 2310. The van der Waals surface area contributed by atoms with Gasteiger partial charge in [0, 0.05) is 37.5 Å². The Hall–Kier alpha value is -5.79. The van der Waals surface area contributed by atoms with Gasteiger partial charge in [-0.2, -0.15) is 0 Å². The summed E-state index contributed by atoms with van der Waals surface area (Å²) in [4.78, 5) is 64.9. The van der Waals surface area contributed by atoms with Crippen LogP contribution in [0.4, 0.5) is 21.9 Å². The second kappa shape index (κ2) is 18.7. The minimum absolute atomic E-state index is 0.0872. The van der Waals surface area contributed by atoms with Crippen LogP contribution in [-0.2, 0) is 4.74 Å². The Morgan fingerprint density at radius 1 is 0.919 bits per heavy atom. The molecule has 0 unspecified atom stereocenters. The fourth-order valence-corrected chi connectivity index (χ4v) is 9.56. The number of unbranched alkanes of at least 4 members (excludes halogenated alkanes) is 2. The van der Waals surface area contributed by atoms with Crippen molar-refractivity contribution < 1.29 is 48.1 Å². The van der Waals surface area contributed by atoms with E-state index in [0.29, 0.717) is 60.2 Å². The van der Waals surface area contributed by atoms with Crippen molar-refractivity contribution in [3.8, 4) is 23.0 Å². The number of pyridine rings is 1. The highest BCUT2D eigenvalue weighted by Crippen LogP contribution is 2.44. The smallest absolute Gasteiger partial charge is 0.416 e. The fourth-order valence-electron chi connectivity index (χ4n) is 7.55. The summed E-state index contributed by atoms with van der Waals surface area (Å²) in [6.45, 7) is 13.0. The molecule has 4 aliphatic heterocycles. The third-order valence-corrected chi connectivity index (χ3v) is 13.9. The Morgan fingerprint density at radius 3 is 2.23 bits per heavy atom. The van der Waals surface area contributed by atoms with Crippen LogP contribution in [0.25, 0.3) is 0 Å². The molecule has 0 spiro atoms. The molecule has 62 heavy (non-hydrogen) atoms. The molecule has 0 radical (unpaired) electrons. The van der Waals surface area contributed by atoms with Crippen molar-refractivity contribution in [3.63, 3.8) is 0 Å². The van der Waals surface area contributed by atoms with E-state index in [4.69, 9.17) is 23.7 Å². The molecule has 7 rings (SSSR count). The number of benzene rings is 2. The highest BCUT2D eigenvalue weighted by atomic mass is 33.1. The molecule has 2 saturated heterocycles. The van der Waals surface area contributed by atoms with E-state index in [1.807, 2.05) is 13.8 Å². The van der Waals surface area contributed by atoms with Gasteiger partial charge in [-0.1, -0.05) is 35.1 Å². The number of carbonyl (C=O) groups excluding carboxylic acids is 3. The summed E-state index contributed by atoms with van der Waals surface area (Å²) in [5.41, 5.74) is 2.82. The van der Waals surface area contributed by atoms with Crippen molar-refractivity contribution in [2.75, 3.05) is 52.0 Å². The quantitative estimate of drug-likeness (QED) is 0.0492. The summed E-state index contributed by atoms with van der Waals surface area (Å²) in [5, 5.41) is 23.3. The summed E-state index contributed by atoms with van der Waals surface area (Å²) in [7, 11) is 5.61. The van der Waals surface area contributed by atoms with E-state index in [-0.39, 0.29) is 66.6 Å². The third kappa shape index (κ3) is 9.48. The molecule has 3 amide bonds. The number of rotatable bonds is 16. The van der Waals surface area contributed by atoms with Gasteiger partial charge in [0.25, 0.3) is 17.5 Å². The van der Waals surface area contributed by atoms with Crippen LogP contribution in [0.1, 0.15) is 66.7 Å². The number of amides is 3. The number of aliphatic hydroxyl groups is 1. The van der Waals surface area contributed by atoms with Crippen molar-refractivity contribution in [3.05, 3.63) is 88.1 Å². The van der Waals surface area contributed by atoms with Crippen LogP contribution in [0, 0.1) is 10.1 Å². The van der Waals surface area contributed by atoms with E-state index < -0.39 is 33.9 Å². The standard InChI is InChI=1S/C43H48N6O11S2/c1-25-14-28-21-44-31-18-36(34(56-5)16-29(31)39(50)46(28)22-25)58-12-8-7-9-13-59-37-19-32-30(17-35(37)57-6)40(51)47-23-26(2)15-33(47)41(52)48(32)42(53)60-24-43(3,4)62-61-38-11-10-27(20-45-38)49(54)55/h10-11,16-21,28,33,41,52H,1-2,7-9,12-15,22-24H2,3-6H3/t28-,33-,41-/m0/s1. The van der Waals surface area contributed by atoms with Gasteiger partial charge < -0.3 is 38.6 Å². The van der Waals surface area contributed by atoms with Gasteiger partial charge in [0.05, 0.1) is 71.7 Å². The SMILES string of the molecule is C=C1C[C@H]2C=Nc3cc(OCCCCCOc4cc5c(cc4OC)C(=O)N4CC(=C)C[C@H]4[C@H](O)N5C(=O)OCC(C)(C)SSc4ccc([N+](=O)[O-])cn4)c(OC)cc3C(=O)N2C1. The average molecular weight is 889 g/mol. The molecular weight excluding hydrogens is 841 g/mol. The zero-order valence-electron chi connectivity index (χ0n) is 34.9. The maximum atomic E-state index is 14.0. The Labute approximate surface area is 366 Å². The highest BCUT2D eigenvalue weighted by molar-refractivity contribution is 8.77. The number of aromatic nitrogens is 1. The van der Waals surface area contributed by atoms with Crippen LogP contribution in [0.3, 0.4) is 0 Å². The van der Waals surface area contributed by atoms with E-state index in [9.17, 15) is 29.6 Å². The van der Waals surface area contributed by atoms with Crippen LogP contribution in [-0.4, -0.2) is 119 Å². The van der Waals surface area contributed by atoms with Crippen molar-refractivity contribution in [1.82, 2.24) is 14.8 Å². The normalized spacial score (nSPS) is 19.3. The van der Waals surface area contributed by atoms with E-state index in [0.717, 1.165) is 22.5 Å². The maximum Gasteiger partial charge on any atom is 0.416 e. The van der Waals surface area contributed by atoms with Gasteiger partial charge in [-0.05, 0) is 74.9 Å². The number of hydrogen-bond acceptors (Lipinski definition) is 15. The number of aliphatic imine (C=N–C) groups is 1. The summed E-state index contributed by atoms with van der Waals surface area (Å²) in [5.74, 6) is 0.944. The number of anilines is 1. The number of ether oxygens (including phenoxy) is 5. The number of hydrogen-bond donors (Lipinski definition) is 1. The predicted octanol–water partition coefficient (Wildman–Crippen LogP) is 7.39. The third-order valence-electron chi connectivity index (χ3n) is 10.7. The summed E-state index contributed by atoms with van der Waals surface area (Å²) < 4.78 is 28.7. The fraction of sp³-hybridized carbons (Fsp3) is 0.419. The topological polar surface area (TPSA) is 196 Å². The molecule has 0 saturated carbocycles. The lowest BCUT2D eigenvalue weighted by Gasteiger charge is -2.32.